The normalized spacial score (nSPS) is 11.1. The molecule has 0 amide bonds. The Morgan fingerprint density at radius 2 is 1.12 bits per heavy atom. The zero-order chi connectivity index (χ0) is 18.2. The molecule has 0 atom stereocenters. The fraction of sp³-hybridized carbons (Fsp3) is 0.167. The monoisotopic (exact) mass is 342 g/mol. The lowest BCUT2D eigenvalue weighted by Crippen LogP contribution is -2.51. The van der Waals surface area contributed by atoms with E-state index < -0.39 is 5.54 Å². The van der Waals surface area contributed by atoms with Gasteiger partial charge in [-0.05, 0) is 23.1 Å². The second-order valence-electron chi connectivity index (χ2n) is 6.45. The molecule has 0 radical (unpaired) electrons. The third kappa shape index (κ3) is 3.71. The third-order valence-corrected chi connectivity index (χ3v) is 4.60. The number of hydrazine groups is 1. The summed E-state index contributed by atoms with van der Waals surface area (Å²) in [7, 11) is 0. The quantitative estimate of drug-likeness (QED) is 0.424. The van der Waals surface area contributed by atoms with Crippen LogP contribution < -0.4 is 10.9 Å². The lowest BCUT2D eigenvalue weighted by atomic mass is 9.77. The first-order valence-corrected chi connectivity index (χ1v) is 9.15. The predicted octanol–water partition coefficient (Wildman–Crippen LogP) is 5.39. The van der Waals surface area contributed by atoms with Gasteiger partial charge in [0, 0.05) is 5.70 Å². The second kappa shape index (κ2) is 8.50. The smallest absolute Gasteiger partial charge is 0.112 e. The maximum absolute atomic E-state index is 4.15. The van der Waals surface area contributed by atoms with Gasteiger partial charge < -0.3 is 5.43 Å². The van der Waals surface area contributed by atoms with Crippen LogP contribution in [-0.4, -0.2) is 0 Å². The van der Waals surface area contributed by atoms with E-state index in [1.165, 1.54) is 16.7 Å². The fourth-order valence-corrected chi connectivity index (χ4v) is 3.33. The van der Waals surface area contributed by atoms with Gasteiger partial charge in [0.2, 0.25) is 0 Å². The molecule has 0 fully saturated rings. The van der Waals surface area contributed by atoms with Gasteiger partial charge >= 0.3 is 0 Å². The Morgan fingerprint density at radius 1 is 0.731 bits per heavy atom. The highest BCUT2D eigenvalue weighted by molar-refractivity contribution is 5.49. The van der Waals surface area contributed by atoms with Crippen molar-refractivity contribution in [2.45, 2.75) is 25.3 Å². The van der Waals surface area contributed by atoms with Crippen LogP contribution in [0.5, 0.6) is 0 Å². The van der Waals surface area contributed by atoms with Gasteiger partial charge in [-0.3, -0.25) is 0 Å². The highest BCUT2D eigenvalue weighted by Gasteiger charge is 2.36. The molecule has 0 spiro atoms. The average molecular weight is 342 g/mol. The molecular formula is C24H26N2. The summed E-state index contributed by atoms with van der Waals surface area (Å²) in [6.45, 7) is 6.31. The van der Waals surface area contributed by atoms with E-state index in [1.807, 2.05) is 18.2 Å². The molecular weight excluding hydrogens is 316 g/mol. The van der Waals surface area contributed by atoms with Gasteiger partial charge in [-0.1, -0.05) is 111 Å². The van der Waals surface area contributed by atoms with E-state index in [0.29, 0.717) is 0 Å². The number of allylic oxidation sites excluding steroid dienone is 1. The Labute approximate surface area is 156 Å². The Kier molecular flexibility index (Phi) is 5.88. The number of hydrogen-bond donors (Lipinski definition) is 2. The largest absolute Gasteiger partial charge is 0.325 e. The molecule has 0 unspecified atom stereocenters. The summed E-state index contributed by atoms with van der Waals surface area (Å²) in [5.74, 6) is 0. The zero-order valence-corrected chi connectivity index (χ0v) is 15.3. The zero-order valence-electron chi connectivity index (χ0n) is 15.3. The van der Waals surface area contributed by atoms with Gasteiger partial charge in [0.15, 0.2) is 0 Å². The van der Waals surface area contributed by atoms with Gasteiger partial charge in [0.05, 0.1) is 0 Å². The Balaban J connectivity index is 2.16. The van der Waals surface area contributed by atoms with Crippen molar-refractivity contribution in [3.05, 3.63) is 120 Å². The average Bonchev–Trinajstić information content (AvgIpc) is 2.71. The van der Waals surface area contributed by atoms with Crippen LogP contribution in [0.1, 0.15) is 36.5 Å². The summed E-state index contributed by atoms with van der Waals surface area (Å²) in [5.41, 5.74) is 11.0. The molecule has 0 heterocycles. The molecule has 0 saturated carbocycles. The first kappa shape index (κ1) is 18.0. The van der Waals surface area contributed by atoms with Crippen LogP contribution in [0, 0.1) is 0 Å². The highest BCUT2D eigenvalue weighted by Crippen LogP contribution is 2.36. The lowest BCUT2D eigenvalue weighted by Gasteiger charge is -2.37. The van der Waals surface area contributed by atoms with Crippen molar-refractivity contribution in [2.75, 3.05) is 0 Å². The lowest BCUT2D eigenvalue weighted by molar-refractivity contribution is 0.417. The van der Waals surface area contributed by atoms with Crippen LogP contribution in [0.25, 0.3) is 0 Å². The second-order valence-corrected chi connectivity index (χ2v) is 6.45. The van der Waals surface area contributed by atoms with Gasteiger partial charge in [-0.15, -0.1) is 0 Å². The maximum Gasteiger partial charge on any atom is 0.112 e. The summed E-state index contributed by atoms with van der Waals surface area (Å²) in [5, 5.41) is 0. The van der Waals surface area contributed by atoms with E-state index in [0.717, 1.165) is 18.5 Å². The fourth-order valence-electron chi connectivity index (χ4n) is 3.33. The van der Waals surface area contributed by atoms with Gasteiger partial charge in [-0.25, -0.2) is 5.43 Å². The number of benzene rings is 3. The molecule has 0 aliphatic carbocycles. The van der Waals surface area contributed by atoms with Crippen molar-refractivity contribution in [2.24, 2.45) is 0 Å². The van der Waals surface area contributed by atoms with E-state index in [9.17, 15) is 0 Å². The van der Waals surface area contributed by atoms with Crippen LogP contribution in [0.2, 0.25) is 0 Å². The SMILES string of the molecule is C=C(CCC)NNC(c1ccccc1)(c1ccccc1)c1ccccc1. The van der Waals surface area contributed by atoms with E-state index >= 15 is 0 Å². The summed E-state index contributed by atoms with van der Waals surface area (Å²) in [6, 6.07) is 31.6. The van der Waals surface area contributed by atoms with Gasteiger partial charge in [0.1, 0.15) is 5.54 Å². The minimum Gasteiger partial charge on any atom is -0.325 e. The molecule has 26 heavy (non-hydrogen) atoms. The highest BCUT2D eigenvalue weighted by atomic mass is 15.4. The maximum atomic E-state index is 4.15. The predicted molar refractivity (Wildman–Crippen MR) is 110 cm³/mol. The van der Waals surface area contributed by atoms with Gasteiger partial charge in [0.25, 0.3) is 0 Å². The Morgan fingerprint density at radius 3 is 1.46 bits per heavy atom. The number of rotatable bonds is 8. The van der Waals surface area contributed by atoms with E-state index in [1.54, 1.807) is 0 Å². The molecule has 2 nitrogen and oxygen atoms in total. The molecule has 0 aliphatic rings. The topological polar surface area (TPSA) is 24.1 Å². The number of nitrogens with one attached hydrogen (secondary N) is 2. The molecule has 2 N–H and O–H groups in total. The minimum absolute atomic E-state index is 0.513. The van der Waals surface area contributed by atoms with Crippen LogP contribution in [-0.2, 0) is 5.54 Å². The summed E-state index contributed by atoms with van der Waals surface area (Å²) in [4.78, 5) is 0. The standard InChI is InChI=1S/C24H26N2/c1-3-13-20(2)25-26-24(21-14-7-4-8-15-21,22-16-9-5-10-17-22)23-18-11-6-12-19-23/h4-12,14-19,25-26H,2-3,13H2,1H3. The summed E-state index contributed by atoms with van der Waals surface area (Å²) >= 11 is 0. The molecule has 3 aromatic carbocycles. The van der Waals surface area contributed by atoms with E-state index in [4.69, 9.17) is 0 Å². The molecule has 132 valence electrons. The van der Waals surface area contributed by atoms with Crippen molar-refractivity contribution >= 4 is 0 Å². The van der Waals surface area contributed by atoms with Crippen molar-refractivity contribution in [1.29, 1.82) is 0 Å². The molecule has 0 aromatic heterocycles. The Hall–Kier alpha value is -2.84. The molecule has 0 aliphatic heterocycles. The van der Waals surface area contributed by atoms with Crippen LogP contribution >= 0.6 is 0 Å². The van der Waals surface area contributed by atoms with Crippen molar-refractivity contribution in [1.82, 2.24) is 10.9 Å². The molecule has 3 aromatic rings. The summed E-state index contributed by atoms with van der Waals surface area (Å²) < 4.78 is 0. The molecule has 0 saturated heterocycles. The van der Waals surface area contributed by atoms with Crippen molar-refractivity contribution in [3.8, 4) is 0 Å². The first-order valence-electron chi connectivity index (χ1n) is 9.15. The first-order chi connectivity index (χ1) is 12.8. The molecule has 2 heteroatoms. The molecule has 3 rings (SSSR count). The van der Waals surface area contributed by atoms with E-state index in [-0.39, 0.29) is 0 Å². The van der Waals surface area contributed by atoms with Crippen LogP contribution in [0.3, 0.4) is 0 Å². The van der Waals surface area contributed by atoms with Crippen molar-refractivity contribution in [3.63, 3.8) is 0 Å². The summed E-state index contributed by atoms with van der Waals surface area (Å²) in [6.07, 6.45) is 1.99. The van der Waals surface area contributed by atoms with Crippen molar-refractivity contribution < 1.29 is 0 Å². The van der Waals surface area contributed by atoms with Crippen LogP contribution in [0.4, 0.5) is 0 Å². The minimum atomic E-state index is -0.513. The molecule has 0 bridgehead atoms. The number of hydrogen-bond acceptors (Lipinski definition) is 2. The third-order valence-electron chi connectivity index (χ3n) is 4.60. The Bertz CT molecular complexity index is 714. The van der Waals surface area contributed by atoms with E-state index in [2.05, 4.69) is 97.2 Å². The van der Waals surface area contributed by atoms with Crippen LogP contribution in [0.15, 0.2) is 103 Å². The van der Waals surface area contributed by atoms with Gasteiger partial charge in [-0.2, -0.15) is 0 Å².